The average Bonchev–Trinajstić information content (AvgIpc) is 3.12. The van der Waals surface area contributed by atoms with Crippen LogP contribution in [-0.4, -0.2) is 18.8 Å². The van der Waals surface area contributed by atoms with Gasteiger partial charge in [0, 0.05) is 17.2 Å². The van der Waals surface area contributed by atoms with Crippen LogP contribution in [0.3, 0.4) is 0 Å². The number of nitro benzene ring substituents is 1. The molecule has 9 nitrogen and oxygen atoms in total. The molecule has 0 spiro atoms. The minimum absolute atomic E-state index is 0.0272. The Morgan fingerprint density at radius 3 is 2.63 bits per heavy atom. The number of rotatable bonds is 3. The first-order valence-electron chi connectivity index (χ1n) is 7.87. The molecule has 0 unspecified atom stereocenters. The Labute approximate surface area is 153 Å². The number of hydrogen-bond acceptors (Lipinski definition) is 8. The first kappa shape index (κ1) is 16.5. The second kappa shape index (κ2) is 6.10. The van der Waals surface area contributed by atoms with Gasteiger partial charge < -0.3 is 24.7 Å². The molecular formula is C18H13N3O6. The normalized spacial score (nSPS) is 17.0. The Kier molecular flexibility index (Phi) is 3.74. The minimum Gasteiger partial charge on any atom is -0.497 e. The lowest BCUT2D eigenvalue weighted by Gasteiger charge is -2.26. The molecule has 2 aromatic rings. The van der Waals surface area contributed by atoms with Crippen LogP contribution in [0.4, 0.5) is 5.69 Å². The van der Waals surface area contributed by atoms with Crippen molar-refractivity contribution in [1.82, 2.24) is 0 Å². The Morgan fingerprint density at radius 2 is 1.96 bits per heavy atom. The fourth-order valence-corrected chi connectivity index (χ4v) is 3.22. The van der Waals surface area contributed by atoms with Gasteiger partial charge in [0.25, 0.3) is 5.69 Å². The molecule has 0 saturated heterocycles. The van der Waals surface area contributed by atoms with Crippen molar-refractivity contribution in [2.75, 3.05) is 13.9 Å². The zero-order valence-corrected chi connectivity index (χ0v) is 14.1. The molecule has 2 aliphatic rings. The molecule has 0 aliphatic carbocycles. The number of nitrogens with two attached hydrogens (primary N) is 1. The third-order valence-corrected chi connectivity index (χ3v) is 4.46. The van der Waals surface area contributed by atoms with E-state index in [1.54, 1.807) is 18.2 Å². The largest absolute Gasteiger partial charge is 0.497 e. The van der Waals surface area contributed by atoms with Crippen LogP contribution in [0.5, 0.6) is 23.0 Å². The summed E-state index contributed by atoms with van der Waals surface area (Å²) < 4.78 is 21.3. The van der Waals surface area contributed by atoms with Gasteiger partial charge >= 0.3 is 0 Å². The molecule has 2 N–H and O–H groups in total. The molecule has 4 rings (SSSR count). The summed E-state index contributed by atoms with van der Waals surface area (Å²) in [5.41, 5.74) is 6.63. The SMILES string of the molecule is COc1ccc2c(c1)OC(N)=C(C#N)[C@H]2c1cc2c(cc1[N+](=O)[O-])OCO2. The first-order valence-corrected chi connectivity index (χ1v) is 7.87. The van der Waals surface area contributed by atoms with Crippen LogP contribution >= 0.6 is 0 Å². The van der Waals surface area contributed by atoms with Crippen LogP contribution in [0, 0.1) is 21.4 Å². The molecule has 0 radical (unpaired) electrons. The third kappa shape index (κ3) is 2.55. The Bertz CT molecular complexity index is 1040. The number of fused-ring (bicyclic) bond motifs is 2. The molecule has 0 fully saturated rings. The molecule has 2 heterocycles. The maximum Gasteiger partial charge on any atom is 0.277 e. The Hall–Kier alpha value is -3.93. The van der Waals surface area contributed by atoms with Crippen molar-refractivity contribution in [1.29, 1.82) is 5.26 Å². The van der Waals surface area contributed by atoms with E-state index < -0.39 is 10.8 Å². The summed E-state index contributed by atoms with van der Waals surface area (Å²) in [6.07, 6.45) is 0. The van der Waals surface area contributed by atoms with Crippen molar-refractivity contribution in [2.24, 2.45) is 5.73 Å². The van der Waals surface area contributed by atoms with Crippen LogP contribution in [0.15, 0.2) is 41.8 Å². The summed E-state index contributed by atoms with van der Waals surface area (Å²) in [4.78, 5) is 11.2. The van der Waals surface area contributed by atoms with Gasteiger partial charge in [-0.1, -0.05) is 6.07 Å². The van der Waals surface area contributed by atoms with E-state index in [1.165, 1.54) is 19.2 Å². The number of nitrogens with zero attached hydrogens (tertiary/aromatic N) is 2. The van der Waals surface area contributed by atoms with Crippen molar-refractivity contribution >= 4 is 5.69 Å². The Balaban J connectivity index is 1.98. The molecule has 2 aliphatic heterocycles. The van der Waals surface area contributed by atoms with Gasteiger partial charge in [0.05, 0.1) is 24.0 Å². The van der Waals surface area contributed by atoms with E-state index in [2.05, 4.69) is 0 Å². The number of nitriles is 1. The van der Waals surface area contributed by atoms with Gasteiger partial charge in [-0.2, -0.15) is 5.26 Å². The maximum absolute atomic E-state index is 11.7. The summed E-state index contributed by atoms with van der Waals surface area (Å²) in [6, 6.07) is 9.80. The molecule has 0 bridgehead atoms. The molecule has 0 amide bonds. The smallest absolute Gasteiger partial charge is 0.277 e. The van der Waals surface area contributed by atoms with Crippen molar-refractivity contribution in [2.45, 2.75) is 5.92 Å². The fourth-order valence-electron chi connectivity index (χ4n) is 3.22. The van der Waals surface area contributed by atoms with Crippen molar-refractivity contribution < 1.29 is 23.9 Å². The van der Waals surface area contributed by atoms with Crippen LogP contribution in [0.25, 0.3) is 0 Å². The van der Waals surface area contributed by atoms with E-state index in [0.717, 1.165) is 0 Å². The maximum atomic E-state index is 11.7. The van der Waals surface area contributed by atoms with E-state index >= 15 is 0 Å². The topological polar surface area (TPSA) is 130 Å². The highest BCUT2D eigenvalue weighted by atomic mass is 16.7. The number of ether oxygens (including phenoxy) is 4. The van der Waals surface area contributed by atoms with Gasteiger partial charge in [0.15, 0.2) is 11.5 Å². The summed E-state index contributed by atoms with van der Waals surface area (Å²) in [5.74, 6) is 0.634. The number of nitro groups is 1. The van der Waals surface area contributed by atoms with Gasteiger partial charge in [0.1, 0.15) is 23.1 Å². The van der Waals surface area contributed by atoms with E-state index in [9.17, 15) is 15.4 Å². The van der Waals surface area contributed by atoms with Gasteiger partial charge in [-0.15, -0.1) is 0 Å². The van der Waals surface area contributed by atoms with Gasteiger partial charge in [-0.3, -0.25) is 10.1 Å². The first-order chi connectivity index (χ1) is 13.0. The van der Waals surface area contributed by atoms with E-state index in [4.69, 9.17) is 24.7 Å². The zero-order chi connectivity index (χ0) is 19.1. The molecule has 27 heavy (non-hydrogen) atoms. The lowest BCUT2D eigenvalue weighted by atomic mass is 9.82. The second-order valence-corrected chi connectivity index (χ2v) is 5.85. The molecule has 2 aromatic carbocycles. The van der Waals surface area contributed by atoms with Gasteiger partial charge in [-0.25, -0.2) is 0 Å². The number of allylic oxidation sites excluding steroid dienone is 1. The second-order valence-electron chi connectivity index (χ2n) is 5.85. The van der Waals surface area contributed by atoms with E-state index in [-0.39, 0.29) is 35.2 Å². The van der Waals surface area contributed by atoms with Crippen molar-refractivity contribution in [3.8, 4) is 29.1 Å². The van der Waals surface area contributed by atoms with E-state index in [0.29, 0.717) is 22.8 Å². The third-order valence-electron chi connectivity index (χ3n) is 4.46. The van der Waals surface area contributed by atoms with Crippen molar-refractivity contribution in [3.05, 3.63) is 63.0 Å². The van der Waals surface area contributed by atoms with Gasteiger partial charge in [-0.05, 0) is 12.1 Å². The molecule has 136 valence electrons. The molecule has 9 heteroatoms. The van der Waals surface area contributed by atoms with Crippen LogP contribution in [-0.2, 0) is 0 Å². The zero-order valence-electron chi connectivity index (χ0n) is 14.1. The summed E-state index contributed by atoms with van der Waals surface area (Å²) in [7, 11) is 1.50. The predicted octanol–water partition coefficient (Wildman–Crippen LogP) is 2.55. The molecule has 0 aromatic heterocycles. The highest BCUT2D eigenvalue weighted by Gasteiger charge is 2.37. The highest BCUT2D eigenvalue weighted by Crippen LogP contribution is 2.49. The molecular weight excluding hydrogens is 354 g/mol. The quantitative estimate of drug-likeness (QED) is 0.647. The number of benzene rings is 2. The van der Waals surface area contributed by atoms with Gasteiger partial charge in [0.2, 0.25) is 12.7 Å². The molecule has 0 saturated carbocycles. The van der Waals surface area contributed by atoms with E-state index in [1.807, 2.05) is 6.07 Å². The van der Waals surface area contributed by atoms with Crippen LogP contribution < -0.4 is 24.7 Å². The highest BCUT2D eigenvalue weighted by molar-refractivity contribution is 5.65. The minimum atomic E-state index is -0.792. The summed E-state index contributed by atoms with van der Waals surface area (Å²) in [6.45, 7) is -0.0272. The van der Waals surface area contributed by atoms with Crippen molar-refractivity contribution in [3.63, 3.8) is 0 Å². The number of methoxy groups -OCH3 is 1. The lowest BCUT2D eigenvalue weighted by Crippen LogP contribution is -2.21. The van der Waals surface area contributed by atoms with Crippen LogP contribution in [0.1, 0.15) is 17.0 Å². The number of hydrogen-bond donors (Lipinski definition) is 1. The van der Waals surface area contributed by atoms with Crippen LogP contribution in [0.2, 0.25) is 0 Å². The predicted molar refractivity (Wildman–Crippen MR) is 91.5 cm³/mol. The summed E-state index contributed by atoms with van der Waals surface area (Å²) in [5, 5.41) is 21.3. The summed E-state index contributed by atoms with van der Waals surface area (Å²) >= 11 is 0. The fraction of sp³-hybridized carbons (Fsp3) is 0.167. The molecule has 1 atom stereocenters. The Morgan fingerprint density at radius 1 is 1.22 bits per heavy atom. The average molecular weight is 367 g/mol. The standard InChI is InChI=1S/C18H13N3O6/c1-24-9-2-3-10-14(4-9)27-18(20)12(7-19)17(10)11-5-15-16(26-8-25-15)6-13(11)21(22)23/h2-6,17H,8,20H2,1H3/t17-/m1/s1. The lowest BCUT2D eigenvalue weighted by molar-refractivity contribution is -0.385. The monoisotopic (exact) mass is 367 g/mol.